The van der Waals surface area contributed by atoms with Crippen molar-refractivity contribution in [1.82, 2.24) is 15.0 Å². The number of aromatic nitrogens is 1. The lowest BCUT2D eigenvalue weighted by atomic mass is 9.71. The summed E-state index contributed by atoms with van der Waals surface area (Å²) in [4.78, 5) is 28.8. The van der Waals surface area contributed by atoms with Crippen molar-refractivity contribution in [3.8, 4) is 0 Å². The Hall–Kier alpha value is -2.15. The zero-order valence-electron chi connectivity index (χ0n) is 14.9. The Morgan fingerprint density at radius 2 is 2.04 bits per heavy atom. The van der Waals surface area contributed by atoms with Gasteiger partial charge in [0.1, 0.15) is 11.8 Å². The third-order valence-corrected chi connectivity index (χ3v) is 6.44. The number of carbonyl (C=O) groups excluding carboxylic acids is 2. The lowest BCUT2D eigenvalue weighted by Crippen LogP contribution is -2.62. The quantitative estimate of drug-likeness (QED) is 0.826. The van der Waals surface area contributed by atoms with E-state index in [9.17, 15) is 9.59 Å². The van der Waals surface area contributed by atoms with E-state index < -0.39 is 0 Å². The maximum Gasteiger partial charge on any atom is 0.259 e. The Labute approximate surface area is 156 Å². The van der Waals surface area contributed by atoms with Gasteiger partial charge in [-0.3, -0.25) is 9.59 Å². The first-order valence-corrected chi connectivity index (χ1v) is 10.00. The van der Waals surface area contributed by atoms with Gasteiger partial charge in [0, 0.05) is 38.0 Å². The minimum Gasteiger partial charge on any atom is -0.364 e. The van der Waals surface area contributed by atoms with Crippen LogP contribution in [0.25, 0.3) is 0 Å². The highest BCUT2D eigenvalue weighted by Crippen LogP contribution is 2.41. The largest absolute Gasteiger partial charge is 0.364 e. The summed E-state index contributed by atoms with van der Waals surface area (Å²) in [6, 6.07) is 2.08. The Morgan fingerprint density at radius 1 is 1.27 bits per heavy atom. The third kappa shape index (κ3) is 3.28. The van der Waals surface area contributed by atoms with E-state index >= 15 is 0 Å². The van der Waals surface area contributed by atoms with Crippen molar-refractivity contribution in [2.75, 3.05) is 26.2 Å². The van der Waals surface area contributed by atoms with Crippen molar-refractivity contribution in [1.29, 1.82) is 0 Å². The number of rotatable bonds is 4. The van der Waals surface area contributed by atoms with Crippen LogP contribution in [0.1, 0.15) is 40.9 Å². The molecule has 2 aliphatic heterocycles. The van der Waals surface area contributed by atoms with Gasteiger partial charge in [-0.2, -0.15) is 11.3 Å². The molecular weight excluding hydrogens is 350 g/mol. The molecule has 4 heterocycles. The number of amides is 2. The fraction of sp³-hybridized carbons (Fsp3) is 0.526. The summed E-state index contributed by atoms with van der Waals surface area (Å²) < 4.78 is 4.87. The Morgan fingerprint density at radius 3 is 2.65 bits per heavy atom. The van der Waals surface area contributed by atoms with E-state index in [2.05, 4.69) is 22.0 Å². The van der Waals surface area contributed by atoms with E-state index in [0.29, 0.717) is 17.7 Å². The molecule has 4 rings (SSSR count). The number of nitrogens with zero attached hydrogens (tertiary/aromatic N) is 3. The minimum atomic E-state index is 0.00337. The molecule has 0 aliphatic carbocycles. The molecule has 2 aromatic rings. The van der Waals surface area contributed by atoms with Crippen molar-refractivity contribution >= 4 is 23.2 Å². The molecule has 6 nitrogen and oxygen atoms in total. The molecule has 0 aromatic carbocycles. The molecule has 2 aromatic heterocycles. The summed E-state index contributed by atoms with van der Waals surface area (Å²) in [5, 5.41) is 7.94. The summed E-state index contributed by atoms with van der Waals surface area (Å²) in [5.41, 5.74) is 2.63. The monoisotopic (exact) mass is 373 g/mol. The van der Waals surface area contributed by atoms with Gasteiger partial charge in [0.25, 0.3) is 5.91 Å². The van der Waals surface area contributed by atoms with Crippen LogP contribution in [0.3, 0.4) is 0 Å². The summed E-state index contributed by atoms with van der Waals surface area (Å²) >= 11 is 1.67. The van der Waals surface area contributed by atoms with Gasteiger partial charge in [0.2, 0.25) is 5.91 Å². The Bertz CT molecular complexity index is 783. The molecule has 2 amide bonds. The van der Waals surface area contributed by atoms with E-state index in [1.165, 1.54) is 11.8 Å². The van der Waals surface area contributed by atoms with Gasteiger partial charge < -0.3 is 14.3 Å². The molecule has 1 spiro atoms. The van der Waals surface area contributed by atoms with Gasteiger partial charge in [-0.1, -0.05) is 5.16 Å². The average molecular weight is 373 g/mol. The van der Waals surface area contributed by atoms with E-state index in [4.69, 9.17) is 4.52 Å². The highest BCUT2D eigenvalue weighted by Gasteiger charge is 2.47. The highest BCUT2D eigenvalue weighted by atomic mass is 32.1. The van der Waals surface area contributed by atoms with Crippen LogP contribution in [0.15, 0.2) is 27.6 Å². The van der Waals surface area contributed by atoms with Crippen LogP contribution in [-0.4, -0.2) is 52.9 Å². The molecule has 0 atom stereocenters. The van der Waals surface area contributed by atoms with Gasteiger partial charge in [0.05, 0.1) is 5.69 Å². The highest BCUT2D eigenvalue weighted by molar-refractivity contribution is 7.07. The van der Waals surface area contributed by atoms with Crippen molar-refractivity contribution in [2.45, 2.75) is 32.6 Å². The average Bonchev–Trinajstić information content (AvgIpc) is 3.28. The van der Waals surface area contributed by atoms with Crippen molar-refractivity contribution in [3.05, 3.63) is 39.9 Å². The van der Waals surface area contributed by atoms with Gasteiger partial charge >= 0.3 is 0 Å². The number of hydrogen-bond donors (Lipinski definition) is 0. The number of hydrogen-bond acceptors (Lipinski definition) is 5. The van der Waals surface area contributed by atoms with Crippen LogP contribution >= 0.6 is 11.3 Å². The lowest BCUT2D eigenvalue weighted by molar-refractivity contribution is -0.135. The number of carbonyl (C=O) groups is 2. The zero-order chi connectivity index (χ0) is 18.1. The topological polar surface area (TPSA) is 66.7 Å². The molecule has 26 heavy (non-hydrogen) atoms. The normalized spacial score (nSPS) is 18.8. The van der Waals surface area contributed by atoms with Crippen LogP contribution in [0.5, 0.6) is 0 Å². The molecular formula is C19H23N3O3S. The maximum absolute atomic E-state index is 12.5. The predicted octanol–water partition coefficient (Wildman–Crippen LogP) is 2.74. The van der Waals surface area contributed by atoms with E-state index in [0.717, 1.165) is 45.4 Å². The summed E-state index contributed by atoms with van der Waals surface area (Å²) in [5.74, 6) is 0.252. The molecule has 0 radical (unpaired) electrons. The van der Waals surface area contributed by atoms with Crippen LogP contribution in [0.4, 0.5) is 0 Å². The van der Waals surface area contributed by atoms with E-state index in [-0.39, 0.29) is 17.2 Å². The molecule has 0 N–H and O–H groups in total. The first-order chi connectivity index (χ1) is 12.6. The van der Waals surface area contributed by atoms with Crippen LogP contribution in [0.2, 0.25) is 0 Å². The number of thiophene rings is 1. The molecule has 0 unspecified atom stereocenters. The third-order valence-electron chi connectivity index (χ3n) is 5.70. The summed E-state index contributed by atoms with van der Waals surface area (Å²) in [6.45, 7) is 4.93. The van der Waals surface area contributed by atoms with Crippen molar-refractivity contribution in [2.24, 2.45) is 5.41 Å². The first kappa shape index (κ1) is 17.3. The molecule has 7 heteroatoms. The SMILES string of the molecule is Cc1nocc1C(=O)N1CC2(CCN(C(=O)CCc3ccsc3)CC2)C1. The Kier molecular flexibility index (Phi) is 4.56. The molecule has 2 saturated heterocycles. The second kappa shape index (κ2) is 6.87. The van der Waals surface area contributed by atoms with Crippen LogP contribution < -0.4 is 0 Å². The van der Waals surface area contributed by atoms with Gasteiger partial charge in [0.15, 0.2) is 0 Å². The smallest absolute Gasteiger partial charge is 0.259 e. The first-order valence-electron chi connectivity index (χ1n) is 9.05. The van der Waals surface area contributed by atoms with Gasteiger partial charge in [-0.15, -0.1) is 0 Å². The van der Waals surface area contributed by atoms with Crippen molar-refractivity contribution < 1.29 is 14.1 Å². The van der Waals surface area contributed by atoms with Gasteiger partial charge in [-0.25, -0.2) is 0 Å². The van der Waals surface area contributed by atoms with E-state index in [1.54, 1.807) is 18.3 Å². The Balaban J connectivity index is 1.25. The van der Waals surface area contributed by atoms with Crippen molar-refractivity contribution in [3.63, 3.8) is 0 Å². The summed E-state index contributed by atoms with van der Waals surface area (Å²) in [6.07, 6.45) is 4.79. The second-order valence-corrected chi connectivity index (χ2v) is 8.27. The fourth-order valence-electron chi connectivity index (χ4n) is 3.97. The maximum atomic E-state index is 12.5. The van der Waals surface area contributed by atoms with E-state index in [1.807, 2.05) is 9.80 Å². The standard InChI is InChI=1S/C19H23N3O3S/c1-14-16(10-25-20-14)18(24)22-12-19(13-22)5-7-21(8-6-19)17(23)3-2-15-4-9-26-11-15/h4,9-11H,2-3,5-8,12-13H2,1H3. The predicted molar refractivity (Wildman–Crippen MR) is 98.0 cm³/mol. The molecule has 138 valence electrons. The lowest BCUT2D eigenvalue weighted by Gasteiger charge is -2.53. The number of piperidine rings is 1. The zero-order valence-corrected chi connectivity index (χ0v) is 15.8. The molecule has 2 fully saturated rings. The minimum absolute atomic E-state index is 0.00337. The number of aryl methyl sites for hydroxylation is 2. The summed E-state index contributed by atoms with van der Waals surface area (Å²) in [7, 11) is 0. The van der Waals surface area contributed by atoms with Gasteiger partial charge in [-0.05, 0) is 48.6 Å². The molecule has 0 saturated carbocycles. The van der Waals surface area contributed by atoms with Crippen LogP contribution in [0, 0.1) is 12.3 Å². The second-order valence-electron chi connectivity index (χ2n) is 7.49. The molecule has 2 aliphatic rings. The number of likely N-dealkylation sites (tertiary alicyclic amines) is 2. The van der Waals surface area contributed by atoms with Crippen LogP contribution in [-0.2, 0) is 11.2 Å². The fourth-order valence-corrected chi connectivity index (χ4v) is 4.67. The molecule has 0 bridgehead atoms.